The molecule has 0 bridgehead atoms. The fourth-order valence-corrected chi connectivity index (χ4v) is 7.97. The number of Topliss-reactive ketones (excluding diaryl/α,β-unsaturated/α-hetero) is 2. The Hall–Kier alpha value is -1.23. The molecule has 1 N–H and O–H groups in total. The van der Waals surface area contributed by atoms with Crippen molar-refractivity contribution in [2.24, 2.45) is 40.4 Å². The summed E-state index contributed by atoms with van der Waals surface area (Å²) >= 11 is 0. The molecule has 0 aromatic carbocycles. The molecule has 0 aliphatic heterocycles. The number of aliphatic hydroxyl groups is 1. The zero-order chi connectivity index (χ0) is 20.3. The van der Waals surface area contributed by atoms with Crippen LogP contribution in [0.1, 0.15) is 72.1 Å². The second kappa shape index (κ2) is 6.93. The van der Waals surface area contributed by atoms with Gasteiger partial charge < -0.3 is 9.84 Å². The smallest absolute Gasteiger partial charge is 0.303 e. The zero-order valence-corrected chi connectivity index (χ0v) is 17.4. The molecule has 0 spiro atoms. The molecule has 5 nitrogen and oxygen atoms in total. The molecule has 156 valence electrons. The van der Waals surface area contributed by atoms with E-state index in [2.05, 4.69) is 13.8 Å². The minimum atomic E-state index is -0.422. The molecule has 0 heterocycles. The Morgan fingerprint density at radius 3 is 2.61 bits per heavy atom. The van der Waals surface area contributed by atoms with Crippen LogP contribution in [0.25, 0.3) is 0 Å². The number of hydrogen-bond donors (Lipinski definition) is 1. The topological polar surface area (TPSA) is 80.7 Å². The first-order valence-electron chi connectivity index (χ1n) is 11.0. The van der Waals surface area contributed by atoms with Crippen LogP contribution >= 0.6 is 0 Å². The van der Waals surface area contributed by atoms with Crippen LogP contribution in [0, 0.1) is 40.4 Å². The third-order valence-electron chi connectivity index (χ3n) is 9.22. The lowest BCUT2D eigenvalue weighted by Gasteiger charge is -2.61. The van der Waals surface area contributed by atoms with Gasteiger partial charge in [-0.1, -0.05) is 13.8 Å². The highest BCUT2D eigenvalue weighted by atomic mass is 16.5. The number of fused-ring (bicyclic) bond motifs is 5. The van der Waals surface area contributed by atoms with Crippen molar-refractivity contribution in [3.63, 3.8) is 0 Å². The Bertz CT molecular complexity index is 686. The van der Waals surface area contributed by atoms with Gasteiger partial charge in [0, 0.05) is 25.7 Å². The van der Waals surface area contributed by atoms with Gasteiger partial charge in [0.2, 0.25) is 0 Å². The van der Waals surface area contributed by atoms with E-state index in [0.717, 1.165) is 32.1 Å². The van der Waals surface area contributed by atoms with Crippen LogP contribution in [0.2, 0.25) is 0 Å². The lowest BCUT2D eigenvalue weighted by molar-refractivity contribution is -0.175. The van der Waals surface area contributed by atoms with Gasteiger partial charge in [-0.2, -0.15) is 0 Å². The summed E-state index contributed by atoms with van der Waals surface area (Å²) in [5, 5.41) is 11.3. The summed E-state index contributed by atoms with van der Waals surface area (Å²) < 4.78 is 4.99. The van der Waals surface area contributed by atoms with Crippen molar-refractivity contribution in [2.45, 2.75) is 78.2 Å². The number of aliphatic hydroxyl groups excluding tert-OH is 1. The number of carbonyl (C=O) groups is 3. The van der Waals surface area contributed by atoms with Crippen LogP contribution in [0.5, 0.6) is 0 Å². The number of ketones is 2. The average Bonchev–Trinajstić information content (AvgIpc) is 2.96. The van der Waals surface area contributed by atoms with E-state index in [4.69, 9.17) is 4.74 Å². The molecule has 0 radical (unpaired) electrons. The van der Waals surface area contributed by atoms with Crippen LogP contribution in [0.15, 0.2) is 0 Å². The Morgan fingerprint density at radius 1 is 1.14 bits per heavy atom. The summed E-state index contributed by atoms with van der Waals surface area (Å²) in [5.74, 6) is 1.33. The highest BCUT2D eigenvalue weighted by Gasteiger charge is 2.63. The summed E-state index contributed by atoms with van der Waals surface area (Å²) in [5.41, 5.74) is -0.178. The largest absolute Gasteiger partial charge is 0.458 e. The van der Waals surface area contributed by atoms with E-state index in [1.165, 1.54) is 6.92 Å². The fraction of sp³-hybridized carbons (Fsp3) is 0.870. The van der Waals surface area contributed by atoms with Crippen LogP contribution in [0.4, 0.5) is 0 Å². The van der Waals surface area contributed by atoms with Crippen molar-refractivity contribution < 1.29 is 24.2 Å². The Morgan fingerprint density at radius 2 is 1.89 bits per heavy atom. The van der Waals surface area contributed by atoms with Gasteiger partial charge in [0.05, 0.1) is 6.10 Å². The number of hydrogen-bond acceptors (Lipinski definition) is 5. The van der Waals surface area contributed by atoms with Crippen molar-refractivity contribution in [2.75, 3.05) is 6.61 Å². The number of esters is 1. The van der Waals surface area contributed by atoms with Gasteiger partial charge in [-0.3, -0.25) is 14.4 Å². The molecule has 5 heteroatoms. The van der Waals surface area contributed by atoms with Crippen LogP contribution in [-0.2, 0) is 19.1 Å². The summed E-state index contributed by atoms with van der Waals surface area (Å²) in [4.78, 5) is 36.0. The molecule has 8 atom stereocenters. The van der Waals surface area contributed by atoms with Crippen molar-refractivity contribution in [3.05, 3.63) is 0 Å². The fourth-order valence-electron chi connectivity index (χ4n) is 7.97. The summed E-state index contributed by atoms with van der Waals surface area (Å²) in [6, 6.07) is 0. The number of rotatable bonds is 3. The van der Waals surface area contributed by atoms with Crippen LogP contribution in [0.3, 0.4) is 0 Å². The molecule has 4 aliphatic rings. The maximum Gasteiger partial charge on any atom is 0.303 e. The maximum atomic E-state index is 12.8. The van der Waals surface area contributed by atoms with E-state index in [-0.39, 0.29) is 35.1 Å². The second-order valence-electron chi connectivity index (χ2n) is 10.5. The van der Waals surface area contributed by atoms with Gasteiger partial charge >= 0.3 is 5.97 Å². The molecule has 0 saturated heterocycles. The van der Waals surface area contributed by atoms with Gasteiger partial charge in [0.15, 0.2) is 5.78 Å². The molecule has 4 rings (SSSR count). The normalized spacial score (nSPS) is 47.6. The van der Waals surface area contributed by atoms with Gasteiger partial charge in [-0.25, -0.2) is 0 Å². The van der Waals surface area contributed by atoms with Crippen LogP contribution in [-0.4, -0.2) is 35.4 Å². The lowest BCUT2D eigenvalue weighted by atomic mass is 9.44. The quantitative estimate of drug-likeness (QED) is 0.748. The maximum absolute atomic E-state index is 12.8. The molecule has 0 aromatic heterocycles. The SMILES string of the molecule is CC(=O)OCC(=O)[C@H]1CC[C@H]2[C@@H]3CCC4CC(=O)CC[C@]4(C)[C@H]3[C@@H](O)C[C@]12C. The van der Waals surface area contributed by atoms with Crippen molar-refractivity contribution >= 4 is 17.5 Å². The van der Waals surface area contributed by atoms with E-state index in [1.54, 1.807) is 0 Å². The standard InChI is InChI=1S/C23H34O5/c1-13(24)28-12-20(27)18-7-6-17-16-5-4-14-10-15(25)8-9-22(14,2)21(16)19(26)11-23(17,18)3/h14,16-19,21,26H,4-12H2,1-3H3/t14?,16-,17-,18+,19-,21+,22-,23-/m0/s1. The molecular weight excluding hydrogens is 356 g/mol. The minimum absolute atomic E-state index is 0.00834. The first kappa shape index (κ1) is 20.1. The van der Waals surface area contributed by atoms with Gasteiger partial charge in [0.25, 0.3) is 0 Å². The molecule has 1 unspecified atom stereocenters. The van der Waals surface area contributed by atoms with E-state index in [0.29, 0.717) is 42.8 Å². The highest BCUT2D eigenvalue weighted by Crippen LogP contribution is 2.67. The monoisotopic (exact) mass is 390 g/mol. The predicted molar refractivity (Wildman–Crippen MR) is 103 cm³/mol. The first-order valence-corrected chi connectivity index (χ1v) is 11.0. The number of carbonyl (C=O) groups excluding carboxylic acids is 3. The van der Waals surface area contributed by atoms with E-state index >= 15 is 0 Å². The van der Waals surface area contributed by atoms with Crippen molar-refractivity contribution in [1.82, 2.24) is 0 Å². The van der Waals surface area contributed by atoms with E-state index in [9.17, 15) is 19.5 Å². The molecular formula is C23H34O5. The first-order chi connectivity index (χ1) is 13.2. The van der Waals surface area contributed by atoms with E-state index < -0.39 is 12.1 Å². The zero-order valence-electron chi connectivity index (χ0n) is 17.4. The molecule has 0 amide bonds. The van der Waals surface area contributed by atoms with Gasteiger partial charge in [-0.15, -0.1) is 0 Å². The minimum Gasteiger partial charge on any atom is -0.458 e. The van der Waals surface area contributed by atoms with Crippen molar-refractivity contribution in [3.8, 4) is 0 Å². The molecule has 4 fully saturated rings. The summed E-state index contributed by atoms with van der Waals surface area (Å²) in [7, 11) is 0. The Kier molecular flexibility index (Phi) is 4.96. The Labute approximate surface area is 167 Å². The third-order valence-corrected chi connectivity index (χ3v) is 9.22. The average molecular weight is 391 g/mol. The Balaban J connectivity index is 1.58. The van der Waals surface area contributed by atoms with Crippen molar-refractivity contribution in [1.29, 1.82) is 0 Å². The number of ether oxygens (including phenoxy) is 1. The molecule has 4 saturated carbocycles. The van der Waals surface area contributed by atoms with Crippen LogP contribution < -0.4 is 0 Å². The third kappa shape index (κ3) is 2.96. The predicted octanol–water partition coefficient (Wildman–Crippen LogP) is 3.32. The second-order valence-corrected chi connectivity index (χ2v) is 10.5. The summed E-state index contributed by atoms with van der Waals surface area (Å²) in [6.07, 6.45) is 6.41. The molecule has 28 heavy (non-hydrogen) atoms. The molecule has 0 aromatic rings. The molecule has 4 aliphatic carbocycles. The van der Waals surface area contributed by atoms with Gasteiger partial charge in [0.1, 0.15) is 12.4 Å². The summed E-state index contributed by atoms with van der Waals surface area (Å²) in [6.45, 7) is 5.67. The lowest BCUT2D eigenvalue weighted by Crippen LogP contribution is -2.59. The van der Waals surface area contributed by atoms with E-state index in [1.807, 2.05) is 0 Å². The highest BCUT2D eigenvalue weighted by molar-refractivity contribution is 5.85. The van der Waals surface area contributed by atoms with Gasteiger partial charge in [-0.05, 0) is 73.0 Å².